The molecule has 0 aromatic heterocycles. The largest absolute Gasteiger partial charge is 0.303 e. The zero-order valence-corrected chi connectivity index (χ0v) is 10.1. The summed E-state index contributed by atoms with van der Waals surface area (Å²) in [7, 11) is 2.04. The number of carbonyl (C=O) groups excluding carboxylic acids is 1. The summed E-state index contributed by atoms with van der Waals surface area (Å²) in [4.78, 5) is 13.1. The number of nitrogens with one attached hydrogen (secondary N) is 1. The van der Waals surface area contributed by atoms with Crippen LogP contribution < -0.4 is 11.3 Å². The first-order valence-corrected chi connectivity index (χ1v) is 6.19. The van der Waals surface area contributed by atoms with Gasteiger partial charge in [-0.25, -0.2) is 5.84 Å². The van der Waals surface area contributed by atoms with E-state index in [1.807, 2.05) is 18.8 Å². The smallest absolute Gasteiger partial charge is 0.235 e. The van der Waals surface area contributed by atoms with Crippen LogP contribution in [0.2, 0.25) is 0 Å². The SMILES string of the molecule is CSCCC(C)N(C)CCC(=O)NN. The summed E-state index contributed by atoms with van der Waals surface area (Å²) >= 11 is 1.85. The molecule has 0 rings (SSSR count). The minimum absolute atomic E-state index is 0.103. The number of hydrazine groups is 1. The Morgan fingerprint density at radius 3 is 2.79 bits per heavy atom. The second-order valence-electron chi connectivity index (χ2n) is 3.43. The number of hydrogen-bond acceptors (Lipinski definition) is 4. The summed E-state index contributed by atoms with van der Waals surface area (Å²) in [5.74, 6) is 6.05. The van der Waals surface area contributed by atoms with Gasteiger partial charge in [0, 0.05) is 19.0 Å². The molecule has 0 saturated heterocycles. The molecule has 3 N–H and O–H groups in total. The van der Waals surface area contributed by atoms with Gasteiger partial charge in [0.15, 0.2) is 0 Å². The number of nitrogens with two attached hydrogens (primary N) is 1. The molecule has 5 heteroatoms. The highest BCUT2D eigenvalue weighted by Gasteiger charge is 2.09. The third-order valence-electron chi connectivity index (χ3n) is 2.34. The second-order valence-corrected chi connectivity index (χ2v) is 4.41. The van der Waals surface area contributed by atoms with Crippen molar-refractivity contribution in [2.75, 3.05) is 25.6 Å². The van der Waals surface area contributed by atoms with E-state index in [4.69, 9.17) is 5.84 Å². The summed E-state index contributed by atoms with van der Waals surface area (Å²) in [6.45, 7) is 2.94. The Morgan fingerprint density at radius 1 is 1.64 bits per heavy atom. The van der Waals surface area contributed by atoms with Crippen LogP contribution in [0.5, 0.6) is 0 Å². The molecule has 0 bridgehead atoms. The quantitative estimate of drug-likeness (QED) is 0.370. The maximum atomic E-state index is 10.9. The van der Waals surface area contributed by atoms with Gasteiger partial charge in [-0.3, -0.25) is 10.2 Å². The van der Waals surface area contributed by atoms with E-state index in [1.54, 1.807) is 0 Å². The maximum Gasteiger partial charge on any atom is 0.235 e. The van der Waals surface area contributed by atoms with Crippen molar-refractivity contribution in [2.45, 2.75) is 25.8 Å². The third kappa shape index (κ3) is 6.23. The number of carbonyl (C=O) groups is 1. The highest BCUT2D eigenvalue weighted by atomic mass is 32.2. The molecule has 0 aliphatic carbocycles. The minimum atomic E-state index is -0.103. The Hall–Kier alpha value is -0.260. The normalized spacial score (nSPS) is 12.9. The van der Waals surface area contributed by atoms with E-state index < -0.39 is 0 Å². The average molecular weight is 219 g/mol. The van der Waals surface area contributed by atoms with Gasteiger partial charge in [-0.05, 0) is 32.4 Å². The lowest BCUT2D eigenvalue weighted by atomic mass is 10.2. The van der Waals surface area contributed by atoms with Gasteiger partial charge in [0.2, 0.25) is 5.91 Å². The molecule has 14 heavy (non-hydrogen) atoms. The van der Waals surface area contributed by atoms with Crippen molar-refractivity contribution in [3.05, 3.63) is 0 Å². The van der Waals surface area contributed by atoms with Gasteiger partial charge < -0.3 is 4.90 Å². The fourth-order valence-electron chi connectivity index (χ4n) is 1.08. The van der Waals surface area contributed by atoms with Crippen molar-refractivity contribution in [2.24, 2.45) is 5.84 Å². The number of thioether (sulfide) groups is 1. The third-order valence-corrected chi connectivity index (χ3v) is 2.99. The zero-order chi connectivity index (χ0) is 11.0. The Balaban J connectivity index is 3.60. The fraction of sp³-hybridized carbons (Fsp3) is 0.889. The van der Waals surface area contributed by atoms with Crippen molar-refractivity contribution in [3.63, 3.8) is 0 Å². The lowest BCUT2D eigenvalue weighted by Crippen LogP contribution is -2.36. The van der Waals surface area contributed by atoms with Gasteiger partial charge in [-0.15, -0.1) is 0 Å². The van der Waals surface area contributed by atoms with Gasteiger partial charge in [-0.1, -0.05) is 0 Å². The molecule has 84 valence electrons. The number of rotatable bonds is 7. The minimum Gasteiger partial charge on any atom is -0.303 e. The van der Waals surface area contributed by atoms with Crippen molar-refractivity contribution in [1.82, 2.24) is 10.3 Å². The molecule has 0 aromatic rings. The molecule has 0 fully saturated rings. The van der Waals surface area contributed by atoms with Crippen LogP contribution >= 0.6 is 11.8 Å². The van der Waals surface area contributed by atoms with Crippen molar-refractivity contribution >= 4 is 17.7 Å². The Kier molecular flexibility index (Phi) is 7.93. The predicted octanol–water partition coefficient (Wildman–Crippen LogP) is 0.440. The van der Waals surface area contributed by atoms with E-state index in [2.05, 4.69) is 23.5 Å². The molecule has 0 spiro atoms. The summed E-state index contributed by atoms with van der Waals surface area (Å²) in [6.07, 6.45) is 3.73. The Bertz CT molecular complexity index is 166. The average Bonchev–Trinajstić information content (AvgIpc) is 2.21. The van der Waals surface area contributed by atoms with E-state index in [1.165, 1.54) is 0 Å². The molecule has 4 nitrogen and oxygen atoms in total. The Labute approximate surface area is 90.6 Å². The molecule has 0 aliphatic rings. The summed E-state index contributed by atoms with van der Waals surface area (Å²) in [5.41, 5.74) is 2.13. The summed E-state index contributed by atoms with van der Waals surface area (Å²) in [6, 6.07) is 0.521. The first-order chi connectivity index (χ1) is 6.61. The molecular formula is C9H21N3OS. The maximum absolute atomic E-state index is 10.9. The van der Waals surface area contributed by atoms with Gasteiger partial charge >= 0.3 is 0 Å². The molecule has 0 heterocycles. The van der Waals surface area contributed by atoms with Gasteiger partial charge in [-0.2, -0.15) is 11.8 Å². The van der Waals surface area contributed by atoms with Crippen LogP contribution in [0.3, 0.4) is 0 Å². The summed E-state index contributed by atoms with van der Waals surface area (Å²) in [5, 5.41) is 0. The number of nitrogens with zero attached hydrogens (tertiary/aromatic N) is 1. The molecule has 0 aliphatic heterocycles. The number of hydrogen-bond donors (Lipinski definition) is 2. The van der Waals surface area contributed by atoms with E-state index >= 15 is 0 Å². The predicted molar refractivity (Wildman–Crippen MR) is 62.0 cm³/mol. The lowest BCUT2D eigenvalue weighted by molar-refractivity contribution is -0.121. The zero-order valence-electron chi connectivity index (χ0n) is 9.25. The van der Waals surface area contributed by atoms with E-state index in [9.17, 15) is 4.79 Å². The van der Waals surface area contributed by atoms with Crippen LogP contribution in [0.15, 0.2) is 0 Å². The molecule has 1 atom stereocenters. The molecule has 0 aromatic carbocycles. The molecule has 0 saturated carbocycles. The summed E-state index contributed by atoms with van der Waals surface area (Å²) < 4.78 is 0. The van der Waals surface area contributed by atoms with Crippen molar-refractivity contribution < 1.29 is 4.79 Å². The Morgan fingerprint density at radius 2 is 2.29 bits per heavy atom. The van der Waals surface area contributed by atoms with Crippen LogP contribution in [0.1, 0.15) is 19.8 Å². The fourth-order valence-corrected chi connectivity index (χ4v) is 1.66. The van der Waals surface area contributed by atoms with Crippen LogP contribution in [0.25, 0.3) is 0 Å². The highest BCUT2D eigenvalue weighted by molar-refractivity contribution is 7.98. The second kappa shape index (κ2) is 8.08. The van der Waals surface area contributed by atoms with Crippen LogP contribution in [-0.4, -0.2) is 42.4 Å². The van der Waals surface area contributed by atoms with E-state index in [0.29, 0.717) is 12.5 Å². The van der Waals surface area contributed by atoms with E-state index in [0.717, 1.165) is 18.7 Å². The topological polar surface area (TPSA) is 58.4 Å². The lowest BCUT2D eigenvalue weighted by Gasteiger charge is -2.23. The molecule has 1 amide bonds. The van der Waals surface area contributed by atoms with Gasteiger partial charge in [0.1, 0.15) is 0 Å². The van der Waals surface area contributed by atoms with Crippen LogP contribution in [0, 0.1) is 0 Å². The van der Waals surface area contributed by atoms with Crippen LogP contribution in [-0.2, 0) is 4.79 Å². The molecule has 0 radical (unpaired) electrons. The highest BCUT2D eigenvalue weighted by Crippen LogP contribution is 2.06. The molecule has 1 unspecified atom stereocenters. The van der Waals surface area contributed by atoms with E-state index in [-0.39, 0.29) is 5.91 Å². The van der Waals surface area contributed by atoms with Crippen LogP contribution in [0.4, 0.5) is 0 Å². The van der Waals surface area contributed by atoms with Crippen molar-refractivity contribution in [3.8, 4) is 0 Å². The van der Waals surface area contributed by atoms with Crippen molar-refractivity contribution in [1.29, 1.82) is 0 Å². The van der Waals surface area contributed by atoms with Gasteiger partial charge in [0.05, 0.1) is 0 Å². The van der Waals surface area contributed by atoms with Gasteiger partial charge in [0.25, 0.3) is 0 Å². The first-order valence-electron chi connectivity index (χ1n) is 4.80. The number of amides is 1. The standard InChI is InChI=1S/C9H21N3OS/c1-8(5-7-14-3)12(2)6-4-9(13)11-10/h8H,4-7,10H2,1-3H3,(H,11,13). The molecular weight excluding hydrogens is 198 g/mol. The first kappa shape index (κ1) is 13.7. The monoisotopic (exact) mass is 219 g/mol.